The van der Waals surface area contributed by atoms with Crippen molar-refractivity contribution in [1.82, 2.24) is 10.2 Å². The highest BCUT2D eigenvalue weighted by molar-refractivity contribution is 5.38. The van der Waals surface area contributed by atoms with E-state index in [1.165, 1.54) is 30.6 Å². The summed E-state index contributed by atoms with van der Waals surface area (Å²) in [6.45, 7) is 10.3. The van der Waals surface area contributed by atoms with Crippen molar-refractivity contribution in [3.8, 4) is 5.75 Å². The van der Waals surface area contributed by atoms with Gasteiger partial charge in [0, 0.05) is 31.2 Å². The summed E-state index contributed by atoms with van der Waals surface area (Å²) in [4.78, 5) is 2.57. The quantitative estimate of drug-likeness (QED) is 0.899. The molecule has 0 radical (unpaired) electrons. The Bertz CT molecular complexity index is 451. The Morgan fingerprint density at radius 3 is 2.52 bits per heavy atom. The van der Waals surface area contributed by atoms with Crippen LogP contribution in [0.4, 0.5) is 0 Å². The van der Waals surface area contributed by atoms with E-state index in [4.69, 9.17) is 4.74 Å². The van der Waals surface area contributed by atoms with Crippen molar-refractivity contribution in [1.29, 1.82) is 0 Å². The number of likely N-dealkylation sites (tertiary alicyclic amines) is 1. The fourth-order valence-electron chi connectivity index (χ4n) is 3.52. The van der Waals surface area contributed by atoms with Crippen molar-refractivity contribution in [3.63, 3.8) is 0 Å². The predicted octanol–water partition coefficient (Wildman–Crippen LogP) is 3.45. The first-order chi connectivity index (χ1) is 10.0. The van der Waals surface area contributed by atoms with Crippen molar-refractivity contribution in [2.75, 3.05) is 27.2 Å². The molecule has 3 heteroatoms. The fraction of sp³-hybridized carbons (Fsp3) is 0.667. The zero-order valence-corrected chi connectivity index (χ0v) is 14.1. The average Bonchev–Trinajstić information content (AvgIpc) is 2.45. The molecular formula is C18H30N2O. The number of ether oxygens (including phenoxy) is 1. The van der Waals surface area contributed by atoms with E-state index in [0.717, 1.165) is 24.1 Å². The zero-order chi connectivity index (χ0) is 15.4. The summed E-state index contributed by atoms with van der Waals surface area (Å²) < 4.78 is 5.56. The third-order valence-corrected chi connectivity index (χ3v) is 4.58. The maximum Gasteiger partial charge on any atom is 0.123 e. The lowest BCUT2D eigenvalue weighted by atomic mass is 9.91. The van der Waals surface area contributed by atoms with Crippen molar-refractivity contribution < 1.29 is 4.74 Å². The molecule has 1 aromatic rings. The van der Waals surface area contributed by atoms with E-state index in [1.54, 1.807) is 7.11 Å². The maximum atomic E-state index is 5.56. The molecule has 0 amide bonds. The van der Waals surface area contributed by atoms with Crippen molar-refractivity contribution in [2.24, 2.45) is 11.8 Å². The first kappa shape index (κ1) is 16.3. The van der Waals surface area contributed by atoms with Crippen LogP contribution in [0.3, 0.4) is 0 Å². The minimum Gasteiger partial charge on any atom is -0.496 e. The lowest BCUT2D eigenvalue weighted by Gasteiger charge is -2.35. The summed E-state index contributed by atoms with van der Waals surface area (Å²) >= 11 is 0. The molecular weight excluding hydrogens is 260 g/mol. The van der Waals surface area contributed by atoms with E-state index in [2.05, 4.69) is 49.2 Å². The Labute approximate surface area is 129 Å². The van der Waals surface area contributed by atoms with Gasteiger partial charge >= 0.3 is 0 Å². The van der Waals surface area contributed by atoms with Crippen LogP contribution < -0.4 is 10.1 Å². The molecule has 2 rings (SSSR count). The first-order valence-electron chi connectivity index (χ1n) is 8.10. The van der Waals surface area contributed by atoms with Gasteiger partial charge in [0.25, 0.3) is 0 Å². The van der Waals surface area contributed by atoms with Gasteiger partial charge < -0.3 is 10.1 Å². The molecule has 1 N–H and O–H groups in total. The summed E-state index contributed by atoms with van der Waals surface area (Å²) in [5.41, 5.74) is 2.63. The molecule has 3 atom stereocenters. The van der Waals surface area contributed by atoms with Crippen molar-refractivity contribution in [2.45, 2.75) is 39.8 Å². The van der Waals surface area contributed by atoms with Gasteiger partial charge in [-0.1, -0.05) is 19.9 Å². The second kappa shape index (κ2) is 7.28. The standard InChI is InChI=1S/C18H30N2O/c1-13-8-14(2)11-20(10-13)12-17-9-16(15(3)19-4)6-7-18(17)21-5/h6-7,9,13-15,19H,8,10-12H2,1-5H3. The molecule has 1 heterocycles. The molecule has 1 aliphatic rings. The Kier molecular flexibility index (Phi) is 5.65. The zero-order valence-electron chi connectivity index (χ0n) is 14.1. The van der Waals surface area contributed by atoms with Gasteiger partial charge in [-0.2, -0.15) is 0 Å². The lowest BCUT2D eigenvalue weighted by Crippen LogP contribution is -2.38. The third-order valence-electron chi connectivity index (χ3n) is 4.58. The molecule has 0 bridgehead atoms. The number of methoxy groups -OCH3 is 1. The molecule has 0 aromatic heterocycles. The number of nitrogens with zero attached hydrogens (tertiary/aromatic N) is 1. The van der Waals surface area contributed by atoms with E-state index < -0.39 is 0 Å². The molecule has 0 spiro atoms. The predicted molar refractivity (Wildman–Crippen MR) is 88.7 cm³/mol. The van der Waals surface area contributed by atoms with Crippen LogP contribution in [0.15, 0.2) is 18.2 Å². The summed E-state index contributed by atoms with van der Waals surface area (Å²) in [7, 11) is 3.77. The minimum absolute atomic E-state index is 0.369. The van der Waals surface area contributed by atoms with Gasteiger partial charge in [0.2, 0.25) is 0 Å². The molecule has 0 saturated carbocycles. The average molecular weight is 290 g/mol. The molecule has 3 nitrogen and oxygen atoms in total. The molecule has 0 aliphatic carbocycles. The largest absolute Gasteiger partial charge is 0.496 e. The van der Waals surface area contributed by atoms with E-state index in [9.17, 15) is 0 Å². The second-order valence-electron chi connectivity index (χ2n) is 6.72. The van der Waals surface area contributed by atoms with Crippen LogP contribution in [0.1, 0.15) is 44.4 Å². The van der Waals surface area contributed by atoms with Gasteiger partial charge in [0.1, 0.15) is 5.75 Å². The van der Waals surface area contributed by atoms with Gasteiger partial charge in [-0.25, -0.2) is 0 Å². The molecule has 1 aliphatic heterocycles. The summed E-state index contributed by atoms with van der Waals surface area (Å²) in [5, 5.41) is 3.31. The van der Waals surface area contributed by atoms with Gasteiger partial charge in [0.15, 0.2) is 0 Å². The maximum absolute atomic E-state index is 5.56. The Balaban J connectivity index is 2.17. The molecule has 21 heavy (non-hydrogen) atoms. The third kappa shape index (κ3) is 4.21. The SMILES string of the molecule is CNC(C)c1ccc(OC)c(CN2CC(C)CC(C)C2)c1. The van der Waals surface area contributed by atoms with Gasteiger partial charge in [-0.05, 0) is 49.9 Å². The van der Waals surface area contributed by atoms with Gasteiger partial charge in [0.05, 0.1) is 7.11 Å². The molecule has 118 valence electrons. The number of piperidine rings is 1. The number of nitrogens with one attached hydrogen (secondary N) is 1. The fourth-order valence-corrected chi connectivity index (χ4v) is 3.52. The Morgan fingerprint density at radius 1 is 1.29 bits per heavy atom. The summed E-state index contributed by atoms with van der Waals surface area (Å²) in [6.07, 6.45) is 1.35. The van der Waals surface area contributed by atoms with Gasteiger partial charge in [-0.3, -0.25) is 4.90 Å². The second-order valence-corrected chi connectivity index (χ2v) is 6.72. The van der Waals surface area contributed by atoms with E-state index in [-0.39, 0.29) is 0 Å². The summed E-state index contributed by atoms with van der Waals surface area (Å²) in [5.74, 6) is 2.59. The Hall–Kier alpha value is -1.06. The lowest BCUT2D eigenvalue weighted by molar-refractivity contribution is 0.133. The highest BCUT2D eigenvalue weighted by Gasteiger charge is 2.22. The molecule has 1 fully saturated rings. The smallest absolute Gasteiger partial charge is 0.123 e. The summed E-state index contributed by atoms with van der Waals surface area (Å²) in [6, 6.07) is 6.93. The van der Waals surface area contributed by atoms with Crippen LogP contribution in [0, 0.1) is 11.8 Å². The van der Waals surface area contributed by atoms with Crippen LogP contribution in [0.25, 0.3) is 0 Å². The number of benzene rings is 1. The van der Waals surface area contributed by atoms with E-state index in [0.29, 0.717) is 6.04 Å². The Morgan fingerprint density at radius 2 is 1.95 bits per heavy atom. The number of hydrogen-bond donors (Lipinski definition) is 1. The normalized spacial score (nSPS) is 24.8. The van der Waals surface area contributed by atoms with Crippen LogP contribution in [-0.2, 0) is 6.54 Å². The van der Waals surface area contributed by atoms with Crippen LogP contribution in [0.2, 0.25) is 0 Å². The van der Waals surface area contributed by atoms with Crippen LogP contribution in [-0.4, -0.2) is 32.1 Å². The van der Waals surface area contributed by atoms with E-state index >= 15 is 0 Å². The van der Waals surface area contributed by atoms with Crippen molar-refractivity contribution >= 4 is 0 Å². The highest BCUT2D eigenvalue weighted by atomic mass is 16.5. The molecule has 1 aromatic carbocycles. The molecule has 3 unspecified atom stereocenters. The number of hydrogen-bond acceptors (Lipinski definition) is 3. The van der Waals surface area contributed by atoms with Crippen LogP contribution >= 0.6 is 0 Å². The van der Waals surface area contributed by atoms with Crippen molar-refractivity contribution in [3.05, 3.63) is 29.3 Å². The topological polar surface area (TPSA) is 24.5 Å². The minimum atomic E-state index is 0.369. The monoisotopic (exact) mass is 290 g/mol. The van der Waals surface area contributed by atoms with Gasteiger partial charge in [-0.15, -0.1) is 0 Å². The molecule has 1 saturated heterocycles. The van der Waals surface area contributed by atoms with E-state index in [1.807, 2.05) is 7.05 Å². The first-order valence-corrected chi connectivity index (χ1v) is 8.10. The highest BCUT2D eigenvalue weighted by Crippen LogP contribution is 2.28. The van der Waals surface area contributed by atoms with Crippen LogP contribution in [0.5, 0.6) is 5.75 Å². The number of rotatable bonds is 5.